The molecular weight excluding hydrogens is 290 g/mol. The number of hydrogen-bond donors (Lipinski definition) is 1. The van der Waals surface area contributed by atoms with Crippen molar-refractivity contribution in [2.75, 3.05) is 12.5 Å². The van der Waals surface area contributed by atoms with E-state index in [0.29, 0.717) is 11.3 Å². The van der Waals surface area contributed by atoms with E-state index in [4.69, 9.17) is 4.74 Å². The lowest BCUT2D eigenvalue weighted by molar-refractivity contribution is 0.411. The van der Waals surface area contributed by atoms with Crippen LogP contribution in [0.15, 0.2) is 29.4 Å². The summed E-state index contributed by atoms with van der Waals surface area (Å²) in [5, 5.41) is 3.52. The van der Waals surface area contributed by atoms with Gasteiger partial charge in [-0.25, -0.2) is 0 Å². The molecule has 0 radical (unpaired) electrons. The number of nitrogens with zero attached hydrogens (tertiary/aromatic N) is 2. The van der Waals surface area contributed by atoms with Crippen LogP contribution in [0.25, 0.3) is 0 Å². The Labute approximate surface area is 117 Å². The molecule has 0 atom stereocenters. The SMILES string of the molecule is COc1cccc(/C=N\Nc2c(F)c(F)nc(F)c2F)c1. The molecule has 21 heavy (non-hydrogen) atoms. The molecule has 1 aromatic carbocycles. The van der Waals surface area contributed by atoms with Crippen LogP contribution in [0.2, 0.25) is 0 Å². The predicted molar refractivity (Wildman–Crippen MR) is 68.3 cm³/mol. The Morgan fingerprint density at radius 2 is 1.81 bits per heavy atom. The molecule has 0 saturated heterocycles. The number of hydrogen-bond acceptors (Lipinski definition) is 4. The number of rotatable bonds is 4. The molecule has 8 heteroatoms. The van der Waals surface area contributed by atoms with Crippen LogP contribution < -0.4 is 10.2 Å². The maximum absolute atomic E-state index is 13.3. The minimum absolute atomic E-state index is 0.553. The lowest BCUT2D eigenvalue weighted by Crippen LogP contribution is -2.05. The molecule has 0 bridgehead atoms. The molecule has 0 unspecified atom stereocenters. The number of ether oxygens (including phenoxy) is 1. The molecule has 0 saturated carbocycles. The zero-order chi connectivity index (χ0) is 15.4. The van der Waals surface area contributed by atoms with Crippen LogP contribution in [0, 0.1) is 23.5 Å². The van der Waals surface area contributed by atoms with E-state index in [-0.39, 0.29) is 0 Å². The Hall–Kier alpha value is -2.64. The number of anilines is 1. The molecule has 0 aliphatic rings. The van der Waals surface area contributed by atoms with E-state index in [0.717, 1.165) is 0 Å². The maximum atomic E-state index is 13.3. The van der Waals surface area contributed by atoms with Gasteiger partial charge < -0.3 is 4.74 Å². The van der Waals surface area contributed by atoms with Crippen LogP contribution in [0.4, 0.5) is 23.2 Å². The molecule has 110 valence electrons. The van der Waals surface area contributed by atoms with Gasteiger partial charge in [0.15, 0.2) is 0 Å². The summed E-state index contributed by atoms with van der Waals surface area (Å²) < 4.78 is 57.3. The first-order chi connectivity index (χ1) is 10.0. The summed E-state index contributed by atoms with van der Waals surface area (Å²) >= 11 is 0. The third-order valence-corrected chi connectivity index (χ3v) is 2.48. The van der Waals surface area contributed by atoms with Gasteiger partial charge in [-0.3, -0.25) is 5.43 Å². The summed E-state index contributed by atoms with van der Waals surface area (Å²) in [6, 6.07) is 6.62. The van der Waals surface area contributed by atoms with E-state index >= 15 is 0 Å². The first kappa shape index (κ1) is 14.8. The normalized spacial score (nSPS) is 10.9. The molecular formula is C13H9F4N3O. The highest BCUT2D eigenvalue weighted by molar-refractivity contribution is 5.80. The second kappa shape index (κ2) is 6.21. The molecule has 0 amide bonds. The Balaban J connectivity index is 2.21. The third-order valence-electron chi connectivity index (χ3n) is 2.48. The highest BCUT2D eigenvalue weighted by Gasteiger charge is 2.20. The highest BCUT2D eigenvalue weighted by Crippen LogP contribution is 2.21. The van der Waals surface area contributed by atoms with Gasteiger partial charge in [0.2, 0.25) is 11.6 Å². The Bertz CT molecular complexity index is 665. The van der Waals surface area contributed by atoms with Crippen LogP contribution in [0.5, 0.6) is 5.75 Å². The van der Waals surface area contributed by atoms with Crippen LogP contribution in [-0.4, -0.2) is 18.3 Å². The number of nitrogens with one attached hydrogen (secondary N) is 1. The Kier molecular flexibility index (Phi) is 4.36. The van der Waals surface area contributed by atoms with Crippen molar-refractivity contribution in [3.05, 3.63) is 53.4 Å². The summed E-state index contributed by atoms with van der Waals surface area (Å²) in [6.07, 6.45) is 1.21. The van der Waals surface area contributed by atoms with E-state index in [1.54, 1.807) is 24.3 Å². The van der Waals surface area contributed by atoms with Gasteiger partial charge in [-0.1, -0.05) is 12.1 Å². The van der Waals surface area contributed by atoms with Crippen molar-refractivity contribution < 1.29 is 22.3 Å². The zero-order valence-corrected chi connectivity index (χ0v) is 10.7. The lowest BCUT2D eigenvalue weighted by atomic mass is 10.2. The van der Waals surface area contributed by atoms with Gasteiger partial charge in [-0.2, -0.15) is 27.6 Å². The molecule has 2 aromatic rings. The monoisotopic (exact) mass is 299 g/mol. The number of benzene rings is 1. The number of pyridine rings is 1. The van der Waals surface area contributed by atoms with E-state index in [2.05, 4.69) is 10.1 Å². The van der Waals surface area contributed by atoms with E-state index in [1.165, 1.54) is 13.3 Å². The van der Waals surface area contributed by atoms with Crippen molar-refractivity contribution in [1.29, 1.82) is 0 Å². The van der Waals surface area contributed by atoms with Crippen molar-refractivity contribution in [2.24, 2.45) is 5.10 Å². The molecule has 0 aliphatic carbocycles. The molecule has 1 N–H and O–H groups in total. The number of methoxy groups -OCH3 is 1. The summed E-state index contributed by atoms with van der Waals surface area (Å²) in [7, 11) is 1.47. The minimum Gasteiger partial charge on any atom is -0.497 e. The van der Waals surface area contributed by atoms with E-state index in [1.807, 2.05) is 5.43 Å². The van der Waals surface area contributed by atoms with Gasteiger partial charge >= 0.3 is 0 Å². The number of aromatic nitrogens is 1. The Morgan fingerprint density at radius 1 is 1.14 bits per heavy atom. The summed E-state index contributed by atoms with van der Waals surface area (Å²) in [5.41, 5.74) is 1.40. The van der Waals surface area contributed by atoms with E-state index in [9.17, 15) is 17.6 Å². The lowest BCUT2D eigenvalue weighted by Gasteiger charge is -2.05. The van der Waals surface area contributed by atoms with Crippen molar-refractivity contribution in [1.82, 2.24) is 4.98 Å². The van der Waals surface area contributed by atoms with Crippen molar-refractivity contribution in [2.45, 2.75) is 0 Å². The fourth-order valence-corrected chi connectivity index (χ4v) is 1.48. The maximum Gasteiger partial charge on any atom is 0.254 e. The quantitative estimate of drug-likeness (QED) is 0.408. The number of hydrazone groups is 1. The molecule has 2 rings (SSSR count). The fourth-order valence-electron chi connectivity index (χ4n) is 1.48. The molecule has 0 spiro atoms. The zero-order valence-electron chi connectivity index (χ0n) is 10.7. The van der Waals surface area contributed by atoms with Gasteiger partial charge in [0.05, 0.1) is 13.3 Å². The second-order valence-electron chi connectivity index (χ2n) is 3.84. The smallest absolute Gasteiger partial charge is 0.254 e. The average Bonchev–Trinajstić information content (AvgIpc) is 2.49. The van der Waals surface area contributed by atoms with Crippen molar-refractivity contribution in [3.63, 3.8) is 0 Å². The minimum atomic E-state index is -1.76. The molecule has 0 aliphatic heterocycles. The van der Waals surface area contributed by atoms with Crippen LogP contribution >= 0.6 is 0 Å². The predicted octanol–water partition coefficient (Wildman–Crippen LogP) is 3.09. The first-order valence-electron chi connectivity index (χ1n) is 5.66. The van der Waals surface area contributed by atoms with Gasteiger partial charge in [0, 0.05) is 0 Å². The van der Waals surface area contributed by atoms with Gasteiger partial charge in [-0.15, -0.1) is 0 Å². The topological polar surface area (TPSA) is 46.5 Å². The van der Waals surface area contributed by atoms with Gasteiger partial charge in [0.25, 0.3) is 11.9 Å². The average molecular weight is 299 g/mol. The third kappa shape index (κ3) is 3.28. The van der Waals surface area contributed by atoms with Crippen molar-refractivity contribution >= 4 is 11.9 Å². The molecule has 1 heterocycles. The van der Waals surface area contributed by atoms with Crippen molar-refractivity contribution in [3.8, 4) is 5.75 Å². The van der Waals surface area contributed by atoms with Crippen LogP contribution in [0.1, 0.15) is 5.56 Å². The molecule has 1 aromatic heterocycles. The summed E-state index contributed by atoms with van der Waals surface area (Å²) in [5.74, 6) is -6.27. The van der Waals surface area contributed by atoms with E-state index < -0.39 is 29.2 Å². The second-order valence-corrected chi connectivity index (χ2v) is 3.84. The van der Waals surface area contributed by atoms with Crippen LogP contribution in [-0.2, 0) is 0 Å². The first-order valence-corrected chi connectivity index (χ1v) is 5.66. The standard InChI is InChI=1S/C13H9F4N3O/c1-21-8-4-2-3-7(5-8)6-18-20-11-9(14)12(16)19-13(17)10(11)15/h2-6H,1H3,(H,19,20)/b18-6-. The van der Waals surface area contributed by atoms with Gasteiger partial charge in [0.1, 0.15) is 11.4 Å². The summed E-state index contributed by atoms with van der Waals surface area (Å²) in [6.45, 7) is 0. The highest BCUT2D eigenvalue weighted by atomic mass is 19.2. The molecule has 4 nitrogen and oxygen atoms in total. The Morgan fingerprint density at radius 3 is 2.43 bits per heavy atom. The largest absolute Gasteiger partial charge is 0.497 e. The van der Waals surface area contributed by atoms with Crippen LogP contribution in [0.3, 0.4) is 0 Å². The van der Waals surface area contributed by atoms with Gasteiger partial charge in [-0.05, 0) is 17.7 Å². The summed E-state index contributed by atoms with van der Waals surface area (Å²) in [4.78, 5) is 2.43. The number of halogens is 4. The molecule has 0 fully saturated rings. The fraction of sp³-hybridized carbons (Fsp3) is 0.0769.